The molecule has 0 aliphatic carbocycles. The summed E-state index contributed by atoms with van der Waals surface area (Å²) in [7, 11) is 0. The quantitative estimate of drug-likeness (QED) is 0.184. The molecule has 0 saturated heterocycles. The van der Waals surface area contributed by atoms with Gasteiger partial charge in [-0.2, -0.15) is 15.8 Å². The molecule has 0 radical (unpaired) electrons. The number of hydrogen-bond donors (Lipinski definition) is 0. The van der Waals surface area contributed by atoms with Crippen molar-refractivity contribution in [3.8, 4) is 63.1 Å². The van der Waals surface area contributed by atoms with Gasteiger partial charge in [0.2, 0.25) is 0 Å². The summed E-state index contributed by atoms with van der Waals surface area (Å²) < 4.78 is 0. The molecule has 0 amide bonds. The molecular weight excluding hydrogens is 589 g/mol. The van der Waals surface area contributed by atoms with Crippen LogP contribution in [0.4, 0.5) is 0 Å². The molecule has 0 atom stereocenters. The molecule has 6 nitrogen and oxygen atoms in total. The maximum absolute atomic E-state index is 9.80. The van der Waals surface area contributed by atoms with Crippen LogP contribution in [-0.4, -0.2) is 15.0 Å². The first kappa shape index (κ1) is 28.3. The van der Waals surface area contributed by atoms with Gasteiger partial charge in [-0.3, -0.25) is 0 Å². The number of para-hydroxylation sites is 1. The molecule has 0 aliphatic heterocycles. The molecule has 48 heavy (non-hydrogen) atoms. The number of fused-ring (bicyclic) bond motifs is 5. The summed E-state index contributed by atoms with van der Waals surface area (Å²) >= 11 is 0. The SMILES string of the molecule is N#Cc1ccc(-c2nc3cc(-c4ccccc4)c4c5ccccc5nc(-c5cccc(C#N)c5)c4c3nc2-c2ccc(C#N)cc2)cc1. The molecule has 2 aromatic heterocycles. The van der Waals surface area contributed by atoms with E-state index in [4.69, 9.17) is 15.0 Å². The summed E-state index contributed by atoms with van der Waals surface area (Å²) in [6.07, 6.45) is 0. The predicted molar refractivity (Wildman–Crippen MR) is 188 cm³/mol. The van der Waals surface area contributed by atoms with Crippen LogP contribution in [0.25, 0.3) is 77.6 Å². The summed E-state index contributed by atoms with van der Waals surface area (Å²) in [6, 6.07) is 49.2. The van der Waals surface area contributed by atoms with Crippen LogP contribution in [0.5, 0.6) is 0 Å². The minimum Gasteiger partial charge on any atom is -0.247 e. The van der Waals surface area contributed by atoms with Crippen molar-refractivity contribution >= 4 is 32.7 Å². The lowest BCUT2D eigenvalue weighted by Gasteiger charge is -2.18. The van der Waals surface area contributed by atoms with E-state index in [1.54, 1.807) is 30.3 Å². The highest BCUT2D eigenvalue weighted by atomic mass is 14.8. The minimum atomic E-state index is 0.534. The highest BCUT2D eigenvalue weighted by molar-refractivity contribution is 6.25. The molecule has 0 fully saturated rings. The number of pyridine rings is 1. The Hall–Kier alpha value is -7.20. The van der Waals surface area contributed by atoms with Crippen LogP contribution in [0.15, 0.2) is 133 Å². The average Bonchev–Trinajstić information content (AvgIpc) is 3.17. The van der Waals surface area contributed by atoms with Crippen LogP contribution >= 0.6 is 0 Å². The first-order valence-electron chi connectivity index (χ1n) is 15.3. The van der Waals surface area contributed by atoms with Crippen molar-refractivity contribution in [3.63, 3.8) is 0 Å². The Morgan fingerprint density at radius 3 is 1.65 bits per heavy atom. The van der Waals surface area contributed by atoms with Crippen molar-refractivity contribution in [2.45, 2.75) is 0 Å². The summed E-state index contributed by atoms with van der Waals surface area (Å²) in [5, 5.41) is 31.5. The van der Waals surface area contributed by atoms with E-state index in [9.17, 15) is 15.8 Å². The van der Waals surface area contributed by atoms with Crippen LogP contribution in [-0.2, 0) is 0 Å². The van der Waals surface area contributed by atoms with Crippen molar-refractivity contribution < 1.29 is 0 Å². The van der Waals surface area contributed by atoms with E-state index in [-0.39, 0.29) is 0 Å². The number of benzene rings is 6. The summed E-state index contributed by atoms with van der Waals surface area (Å²) in [5.74, 6) is 0. The Bertz CT molecular complexity index is 2680. The molecule has 0 saturated carbocycles. The molecular formula is C42H22N6. The number of aromatic nitrogens is 3. The van der Waals surface area contributed by atoms with E-state index in [0.29, 0.717) is 44.8 Å². The maximum Gasteiger partial charge on any atom is 0.0995 e. The lowest BCUT2D eigenvalue weighted by atomic mass is 9.91. The Labute approximate surface area is 276 Å². The molecule has 8 rings (SSSR count). The molecule has 6 heteroatoms. The zero-order valence-electron chi connectivity index (χ0n) is 25.4. The molecule has 8 aromatic rings. The van der Waals surface area contributed by atoms with Gasteiger partial charge in [-0.1, -0.05) is 84.9 Å². The standard InChI is InChI=1S/C42H22N6/c43-23-26-13-17-30(18-14-26)40-41(31-19-15-27(24-44)16-20-31)48-42-36(47-40)22-34(29-8-2-1-3-9-29)37-33-11-4-5-12-35(33)46-39(38(37)42)32-10-6-7-28(21-32)25-45/h1-22H. The van der Waals surface area contributed by atoms with Crippen molar-refractivity contribution in [2.75, 3.05) is 0 Å². The maximum atomic E-state index is 9.80. The van der Waals surface area contributed by atoms with Gasteiger partial charge in [0.05, 0.1) is 68.5 Å². The third-order valence-electron chi connectivity index (χ3n) is 8.53. The van der Waals surface area contributed by atoms with Crippen molar-refractivity contribution in [2.24, 2.45) is 0 Å². The van der Waals surface area contributed by atoms with Crippen molar-refractivity contribution in [1.29, 1.82) is 15.8 Å². The second kappa shape index (κ2) is 11.6. The molecule has 2 heterocycles. The summed E-state index contributed by atoms with van der Waals surface area (Å²) in [6.45, 7) is 0. The second-order valence-electron chi connectivity index (χ2n) is 11.4. The molecule has 220 valence electrons. The summed E-state index contributed by atoms with van der Waals surface area (Å²) in [5.41, 5.74) is 10.2. The Kier molecular flexibility index (Phi) is 6.85. The largest absolute Gasteiger partial charge is 0.247 e. The van der Waals surface area contributed by atoms with Gasteiger partial charge in [0.1, 0.15) is 0 Å². The highest BCUT2D eigenvalue weighted by Crippen LogP contribution is 2.43. The van der Waals surface area contributed by atoms with Gasteiger partial charge in [-0.05, 0) is 59.7 Å². The van der Waals surface area contributed by atoms with Crippen LogP contribution in [0.3, 0.4) is 0 Å². The molecule has 0 N–H and O–H groups in total. The van der Waals surface area contributed by atoms with E-state index in [0.717, 1.165) is 49.5 Å². The van der Waals surface area contributed by atoms with Gasteiger partial charge >= 0.3 is 0 Å². The van der Waals surface area contributed by atoms with E-state index in [1.165, 1.54) is 0 Å². The molecule has 0 aliphatic rings. The van der Waals surface area contributed by atoms with Gasteiger partial charge in [-0.25, -0.2) is 15.0 Å². The van der Waals surface area contributed by atoms with E-state index >= 15 is 0 Å². The molecule has 0 spiro atoms. The van der Waals surface area contributed by atoms with Gasteiger partial charge in [0.25, 0.3) is 0 Å². The fraction of sp³-hybridized carbons (Fsp3) is 0. The van der Waals surface area contributed by atoms with Crippen molar-refractivity contribution in [3.05, 3.63) is 150 Å². The van der Waals surface area contributed by atoms with Crippen LogP contribution in [0.2, 0.25) is 0 Å². The van der Waals surface area contributed by atoms with Gasteiger partial charge in [0.15, 0.2) is 0 Å². The highest BCUT2D eigenvalue weighted by Gasteiger charge is 2.22. The molecule has 0 unspecified atom stereocenters. The Morgan fingerprint density at radius 2 is 0.979 bits per heavy atom. The monoisotopic (exact) mass is 610 g/mol. The van der Waals surface area contributed by atoms with Gasteiger partial charge < -0.3 is 0 Å². The molecule has 0 bridgehead atoms. The number of hydrogen-bond acceptors (Lipinski definition) is 6. The molecule has 6 aromatic carbocycles. The van der Waals surface area contributed by atoms with Crippen LogP contribution in [0.1, 0.15) is 16.7 Å². The topological polar surface area (TPSA) is 110 Å². The number of rotatable bonds is 4. The number of nitriles is 3. The first-order valence-corrected chi connectivity index (χ1v) is 15.3. The average molecular weight is 611 g/mol. The Morgan fingerprint density at radius 1 is 0.396 bits per heavy atom. The lowest BCUT2D eigenvalue weighted by Crippen LogP contribution is -2.00. The smallest absolute Gasteiger partial charge is 0.0995 e. The van der Waals surface area contributed by atoms with E-state index in [1.807, 2.05) is 78.9 Å². The zero-order chi connectivity index (χ0) is 32.6. The van der Waals surface area contributed by atoms with Gasteiger partial charge in [-0.15, -0.1) is 0 Å². The van der Waals surface area contributed by atoms with E-state index in [2.05, 4.69) is 42.5 Å². The second-order valence-corrected chi connectivity index (χ2v) is 11.4. The number of nitrogens with zero attached hydrogens (tertiary/aromatic N) is 6. The predicted octanol–water partition coefficient (Wildman–Crippen LogP) is 9.61. The normalized spacial score (nSPS) is 10.9. The van der Waals surface area contributed by atoms with Crippen LogP contribution < -0.4 is 0 Å². The van der Waals surface area contributed by atoms with Gasteiger partial charge in [0, 0.05) is 32.8 Å². The third-order valence-corrected chi connectivity index (χ3v) is 8.53. The first-order chi connectivity index (χ1) is 23.6. The lowest BCUT2D eigenvalue weighted by molar-refractivity contribution is 1.29. The summed E-state index contributed by atoms with van der Waals surface area (Å²) in [4.78, 5) is 15.9. The zero-order valence-corrected chi connectivity index (χ0v) is 25.4. The van der Waals surface area contributed by atoms with Crippen LogP contribution in [0, 0.1) is 34.0 Å². The van der Waals surface area contributed by atoms with Crippen molar-refractivity contribution in [1.82, 2.24) is 15.0 Å². The minimum absolute atomic E-state index is 0.534. The third kappa shape index (κ3) is 4.77. The fourth-order valence-electron chi connectivity index (χ4n) is 6.26. The Balaban J connectivity index is 1.58. The van der Waals surface area contributed by atoms with E-state index < -0.39 is 0 Å². The fourth-order valence-corrected chi connectivity index (χ4v) is 6.26.